The first-order chi connectivity index (χ1) is 31.8. The second-order valence-corrected chi connectivity index (χ2v) is 17.5. The normalized spacial score (nSPS) is 21.6. The molecule has 0 saturated carbocycles. The second-order valence-electron chi connectivity index (χ2n) is 17.5. The number of fused-ring (bicyclic) bond motifs is 6. The summed E-state index contributed by atoms with van der Waals surface area (Å²) in [6.45, 7) is 0. The molecule has 0 spiro atoms. The quantitative estimate of drug-likeness (QED) is 0.177. The minimum Gasteiger partial charge on any atom is -0.353 e. The fraction of sp³-hybridized carbons (Fsp3) is 0.0323. The molecular weight excluding hydrogens is 773 g/mol. The van der Waals surface area contributed by atoms with Gasteiger partial charge in [-0.2, -0.15) is 0 Å². The van der Waals surface area contributed by atoms with E-state index in [0.717, 1.165) is 22.8 Å². The smallest absolute Gasteiger partial charge is 0.0547 e. The molecule has 4 aliphatic rings. The minimum absolute atomic E-state index is 0.111. The van der Waals surface area contributed by atoms with Crippen molar-refractivity contribution < 1.29 is 0 Å². The Morgan fingerprint density at radius 1 is 0.219 bits per heavy atom. The van der Waals surface area contributed by atoms with Crippen LogP contribution in [0, 0.1) is 11.8 Å². The zero-order valence-electron chi connectivity index (χ0n) is 34.9. The molecule has 2 N–H and O–H groups in total. The number of aromatic nitrogens is 2. The van der Waals surface area contributed by atoms with Gasteiger partial charge >= 0.3 is 0 Å². The number of H-pyrrole nitrogens is 2. The van der Waals surface area contributed by atoms with Crippen molar-refractivity contribution in [2.45, 2.75) is 0 Å². The lowest BCUT2D eigenvalue weighted by Gasteiger charge is -2.31. The predicted molar refractivity (Wildman–Crippen MR) is 266 cm³/mol. The van der Waals surface area contributed by atoms with Crippen LogP contribution in [0.3, 0.4) is 0 Å². The largest absolute Gasteiger partial charge is 0.353 e. The lowest BCUT2D eigenvalue weighted by Crippen LogP contribution is -2.18. The highest BCUT2D eigenvalue weighted by molar-refractivity contribution is 6.26. The molecule has 64 heavy (non-hydrogen) atoms. The van der Waals surface area contributed by atoms with Gasteiger partial charge in [-0.3, -0.25) is 0 Å². The minimum atomic E-state index is -0.111. The van der Waals surface area contributed by atoms with E-state index in [1.165, 1.54) is 111 Å². The summed E-state index contributed by atoms with van der Waals surface area (Å²) < 4.78 is 0. The van der Waals surface area contributed by atoms with Gasteiger partial charge in [-0.1, -0.05) is 218 Å². The molecule has 0 saturated heterocycles. The number of nitrogens with one attached hydrogen (secondary N) is 2. The summed E-state index contributed by atoms with van der Waals surface area (Å²) in [5.74, 6) is -0.221. The first-order valence-electron chi connectivity index (χ1n) is 22.4. The molecule has 2 aromatic heterocycles. The van der Waals surface area contributed by atoms with Gasteiger partial charge in [0.2, 0.25) is 0 Å². The summed E-state index contributed by atoms with van der Waals surface area (Å²) in [7, 11) is 0. The molecule has 2 nitrogen and oxygen atoms in total. The van der Waals surface area contributed by atoms with E-state index in [1.807, 2.05) is 0 Å². The summed E-state index contributed by atoms with van der Waals surface area (Å²) in [4.78, 5) is 8.54. The molecule has 2 heterocycles. The molecule has 4 bridgehead atoms. The molecule has 0 amide bonds. The Kier molecular flexibility index (Phi) is 7.55. The Bertz CT molecular complexity index is 3200. The number of hydrogen-bond donors (Lipinski definition) is 2. The fourth-order valence-electron chi connectivity index (χ4n) is 12.0. The number of allylic oxidation sites excluding steroid dienone is 4. The van der Waals surface area contributed by atoms with Crippen molar-refractivity contribution in [2.24, 2.45) is 11.8 Å². The van der Waals surface area contributed by atoms with Crippen LogP contribution in [0.4, 0.5) is 0 Å². The lowest BCUT2D eigenvalue weighted by atomic mass is 9.70. The van der Waals surface area contributed by atoms with Crippen LogP contribution in [0.5, 0.6) is 0 Å². The average Bonchev–Trinajstić information content (AvgIpc) is 4.12. The Labute approximate surface area is 371 Å². The Morgan fingerprint density at radius 2 is 0.422 bits per heavy atom. The third-order valence-corrected chi connectivity index (χ3v) is 14.4. The van der Waals surface area contributed by atoms with Gasteiger partial charge < -0.3 is 9.97 Å². The van der Waals surface area contributed by atoms with Gasteiger partial charge in [0.25, 0.3) is 0 Å². The summed E-state index contributed by atoms with van der Waals surface area (Å²) in [6.07, 6.45) is 0. The van der Waals surface area contributed by atoms with Crippen molar-refractivity contribution in [3.63, 3.8) is 0 Å². The molecule has 0 fully saturated rings. The number of rotatable bonds is 4. The van der Waals surface area contributed by atoms with E-state index in [9.17, 15) is 0 Å². The van der Waals surface area contributed by atoms with Crippen LogP contribution >= 0.6 is 0 Å². The first-order valence-corrected chi connectivity index (χ1v) is 22.4. The standard InChI is InChI=1S/C62H40N2/c1-5-21-37(22-6-1)49-53-41-29-13-14-30-42(41)54-50(38-23-7-2-8-24-38)61-47-35-19-20-36-48(47)62(64-61)52(40-27-11-4-12-28-40)56-44-32-16-15-31-43(44)55(58(56)57(53)54)51(39-25-9-3-10-26-39)60-46-34-18-17-33-45(46)59(49)63-60/h1-36,57-58,63-64H/b53-49-,54-50-,55-51-,56-52-,59-49?,60-51?,61-50?,62-52?. The van der Waals surface area contributed by atoms with Crippen molar-refractivity contribution >= 4 is 66.1 Å². The van der Waals surface area contributed by atoms with E-state index in [1.54, 1.807) is 0 Å². The number of benzene rings is 8. The van der Waals surface area contributed by atoms with Gasteiger partial charge in [-0.15, -0.1) is 0 Å². The van der Waals surface area contributed by atoms with Crippen LogP contribution in [0.2, 0.25) is 0 Å². The third-order valence-electron chi connectivity index (χ3n) is 14.4. The molecule has 0 atom stereocenters. The Morgan fingerprint density at radius 3 is 0.656 bits per heavy atom. The van der Waals surface area contributed by atoms with E-state index in [2.05, 4.69) is 228 Å². The maximum absolute atomic E-state index is 4.27. The van der Waals surface area contributed by atoms with Gasteiger partial charge in [0.05, 0.1) is 22.8 Å². The number of hydrogen-bond acceptors (Lipinski definition) is 0. The molecule has 0 unspecified atom stereocenters. The van der Waals surface area contributed by atoms with E-state index in [4.69, 9.17) is 0 Å². The summed E-state index contributed by atoms with van der Waals surface area (Å²) in [5, 5.41) is 4.90. The monoisotopic (exact) mass is 812 g/mol. The van der Waals surface area contributed by atoms with Crippen LogP contribution in [-0.2, 0) is 0 Å². The van der Waals surface area contributed by atoms with Gasteiger partial charge in [0.1, 0.15) is 0 Å². The second kappa shape index (κ2) is 13.6. The topological polar surface area (TPSA) is 31.6 Å². The van der Waals surface area contributed by atoms with Crippen molar-refractivity contribution in [2.75, 3.05) is 0 Å². The molecule has 298 valence electrons. The summed E-state index contributed by atoms with van der Waals surface area (Å²) >= 11 is 0. The molecular formula is C62H40N2. The zero-order valence-corrected chi connectivity index (χ0v) is 34.9. The molecule has 14 rings (SSSR count). The van der Waals surface area contributed by atoms with Crippen LogP contribution in [-0.4, -0.2) is 9.97 Å². The van der Waals surface area contributed by atoms with Crippen LogP contribution in [0.15, 0.2) is 218 Å². The van der Waals surface area contributed by atoms with Crippen LogP contribution in [0.25, 0.3) is 66.1 Å². The molecule has 2 heteroatoms. The SMILES string of the molecule is c1ccc(/C2=C3\c4ccccc4/C4=C(\c5ccccc5)c5[nH]c(c6ccccc56)/C(c5ccccc5)=C5/c6ccccc6/C(=C(\c6ccccc6)c6[nH]c2c2ccccc62)C5C34)cc1. The van der Waals surface area contributed by atoms with E-state index >= 15 is 0 Å². The molecule has 0 aliphatic heterocycles. The first kappa shape index (κ1) is 35.4. The Balaban J connectivity index is 1.32. The van der Waals surface area contributed by atoms with Crippen molar-refractivity contribution in [3.8, 4) is 0 Å². The number of aromatic amines is 2. The Hall–Kier alpha value is -8.20. The van der Waals surface area contributed by atoms with Crippen molar-refractivity contribution in [1.29, 1.82) is 0 Å². The molecule has 4 aliphatic carbocycles. The van der Waals surface area contributed by atoms with E-state index in [-0.39, 0.29) is 11.8 Å². The van der Waals surface area contributed by atoms with Gasteiger partial charge in [-0.05, 0) is 66.8 Å². The zero-order chi connectivity index (χ0) is 41.9. The van der Waals surface area contributed by atoms with Gasteiger partial charge in [0.15, 0.2) is 0 Å². The van der Waals surface area contributed by atoms with Gasteiger partial charge in [0, 0.05) is 55.7 Å². The average molecular weight is 813 g/mol. The molecule has 10 aromatic rings. The molecule has 0 radical (unpaired) electrons. The highest BCUT2D eigenvalue weighted by Crippen LogP contribution is 2.67. The third kappa shape index (κ3) is 4.85. The maximum atomic E-state index is 4.27. The summed E-state index contributed by atoms with van der Waals surface area (Å²) in [6, 6.07) is 81.4. The highest BCUT2D eigenvalue weighted by Gasteiger charge is 2.51. The fourth-order valence-corrected chi connectivity index (χ4v) is 12.0. The van der Waals surface area contributed by atoms with E-state index in [0.29, 0.717) is 0 Å². The van der Waals surface area contributed by atoms with Crippen LogP contribution < -0.4 is 0 Å². The van der Waals surface area contributed by atoms with Gasteiger partial charge in [-0.25, -0.2) is 0 Å². The van der Waals surface area contributed by atoms with Crippen molar-refractivity contribution in [3.05, 3.63) is 286 Å². The van der Waals surface area contributed by atoms with Crippen molar-refractivity contribution in [1.82, 2.24) is 9.97 Å². The lowest BCUT2D eigenvalue weighted by molar-refractivity contribution is 0.775. The van der Waals surface area contributed by atoms with Crippen LogP contribution in [0.1, 0.15) is 67.3 Å². The highest BCUT2D eigenvalue weighted by atomic mass is 14.8. The predicted octanol–water partition coefficient (Wildman–Crippen LogP) is 15.1. The summed E-state index contributed by atoms with van der Waals surface area (Å²) in [5.41, 5.74) is 25.0. The maximum Gasteiger partial charge on any atom is 0.0547 e. The van der Waals surface area contributed by atoms with E-state index < -0.39 is 0 Å². The molecule has 8 aromatic carbocycles.